The second-order valence-corrected chi connectivity index (χ2v) is 6.98. The molecular formula is C19H26N4O3. The van der Waals surface area contributed by atoms with Gasteiger partial charge in [0.1, 0.15) is 5.75 Å². The molecule has 2 heterocycles. The highest BCUT2D eigenvalue weighted by atomic mass is 16.6. The van der Waals surface area contributed by atoms with Crippen LogP contribution < -0.4 is 4.74 Å². The zero-order chi connectivity index (χ0) is 18.4. The maximum Gasteiger partial charge on any atom is 0.415 e. The molecule has 1 aromatic heterocycles. The summed E-state index contributed by atoms with van der Waals surface area (Å²) in [6.07, 6.45) is 1.60. The Labute approximate surface area is 153 Å². The van der Waals surface area contributed by atoms with Crippen molar-refractivity contribution >= 4 is 6.09 Å². The molecule has 1 aromatic carbocycles. The first-order valence-corrected chi connectivity index (χ1v) is 9.16. The van der Waals surface area contributed by atoms with Gasteiger partial charge in [0.25, 0.3) is 0 Å². The van der Waals surface area contributed by atoms with Gasteiger partial charge in [0, 0.05) is 32.6 Å². The number of aryl methyl sites for hydroxylation is 1. The molecule has 26 heavy (non-hydrogen) atoms. The summed E-state index contributed by atoms with van der Waals surface area (Å²) in [5, 5.41) is 4.05. The lowest BCUT2D eigenvalue weighted by molar-refractivity contribution is 0.102. The summed E-state index contributed by atoms with van der Waals surface area (Å²) >= 11 is 0. The van der Waals surface area contributed by atoms with E-state index in [1.165, 1.54) is 0 Å². The largest absolute Gasteiger partial charge is 0.415 e. The van der Waals surface area contributed by atoms with E-state index in [1.54, 1.807) is 17.0 Å². The van der Waals surface area contributed by atoms with Gasteiger partial charge in [0.05, 0.1) is 6.54 Å². The average Bonchev–Trinajstić information content (AvgIpc) is 3.09. The molecule has 1 fully saturated rings. The number of aromatic nitrogens is 2. The number of amides is 1. The third-order valence-corrected chi connectivity index (χ3v) is 4.39. The normalized spacial score (nSPS) is 15.4. The molecule has 1 aliphatic heterocycles. The number of hydrogen-bond acceptors (Lipinski definition) is 6. The first-order chi connectivity index (χ1) is 12.6. The van der Waals surface area contributed by atoms with Gasteiger partial charge in [-0.05, 0) is 24.5 Å². The molecule has 0 atom stereocenters. The SMILES string of the molecule is CC(C)CCc1noc(CN2CCN(C(=O)Oc3ccccc3)CC2)n1. The van der Waals surface area contributed by atoms with E-state index in [0.29, 0.717) is 37.2 Å². The second-order valence-electron chi connectivity index (χ2n) is 6.98. The molecule has 0 aliphatic carbocycles. The molecule has 0 bridgehead atoms. The molecule has 7 nitrogen and oxygen atoms in total. The Kier molecular flexibility index (Phi) is 6.22. The lowest BCUT2D eigenvalue weighted by Crippen LogP contribution is -2.49. The third kappa shape index (κ3) is 5.29. The molecular weight excluding hydrogens is 332 g/mol. The van der Waals surface area contributed by atoms with E-state index in [-0.39, 0.29) is 6.09 Å². The number of hydrogen-bond donors (Lipinski definition) is 0. The van der Waals surface area contributed by atoms with Crippen LogP contribution in [-0.2, 0) is 13.0 Å². The van der Waals surface area contributed by atoms with Gasteiger partial charge in [0.2, 0.25) is 5.89 Å². The number of carbonyl (C=O) groups excluding carboxylic acids is 1. The molecule has 1 amide bonds. The molecule has 0 spiro atoms. The Morgan fingerprint density at radius 1 is 1.19 bits per heavy atom. The van der Waals surface area contributed by atoms with E-state index in [4.69, 9.17) is 9.26 Å². The minimum Gasteiger partial charge on any atom is -0.410 e. The van der Waals surface area contributed by atoms with Gasteiger partial charge in [-0.2, -0.15) is 4.98 Å². The summed E-state index contributed by atoms with van der Waals surface area (Å²) in [7, 11) is 0. The monoisotopic (exact) mass is 358 g/mol. The highest BCUT2D eigenvalue weighted by Crippen LogP contribution is 2.13. The van der Waals surface area contributed by atoms with Crippen molar-refractivity contribution in [2.75, 3.05) is 26.2 Å². The number of rotatable bonds is 6. The number of ether oxygens (including phenoxy) is 1. The van der Waals surface area contributed by atoms with Crippen molar-refractivity contribution in [2.45, 2.75) is 33.2 Å². The molecule has 0 saturated carbocycles. The van der Waals surface area contributed by atoms with E-state index < -0.39 is 0 Å². The van der Waals surface area contributed by atoms with Crippen LogP contribution in [0.3, 0.4) is 0 Å². The minimum absolute atomic E-state index is 0.301. The van der Waals surface area contributed by atoms with Gasteiger partial charge in [-0.3, -0.25) is 4.90 Å². The summed E-state index contributed by atoms with van der Waals surface area (Å²) < 4.78 is 10.7. The fourth-order valence-corrected chi connectivity index (χ4v) is 2.81. The maximum atomic E-state index is 12.2. The number of carbonyl (C=O) groups is 1. The predicted molar refractivity (Wildman–Crippen MR) is 96.8 cm³/mol. The highest BCUT2D eigenvalue weighted by Gasteiger charge is 2.23. The quantitative estimate of drug-likeness (QED) is 0.790. The summed E-state index contributed by atoms with van der Waals surface area (Å²) in [5.41, 5.74) is 0. The number of nitrogens with zero attached hydrogens (tertiary/aromatic N) is 4. The molecule has 1 aliphatic rings. The zero-order valence-electron chi connectivity index (χ0n) is 15.4. The van der Waals surface area contributed by atoms with Crippen LogP contribution in [0.15, 0.2) is 34.9 Å². The lowest BCUT2D eigenvalue weighted by Gasteiger charge is -2.33. The van der Waals surface area contributed by atoms with Gasteiger partial charge in [-0.15, -0.1) is 0 Å². The molecule has 1 saturated heterocycles. The Morgan fingerprint density at radius 3 is 2.62 bits per heavy atom. The summed E-state index contributed by atoms with van der Waals surface area (Å²) in [4.78, 5) is 20.6. The molecule has 7 heteroatoms. The third-order valence-electron chi connectivity index (χ3n) is 4.39. The van der Waals surface area contributed by atoms with E-state index in [9.17, 15) is 4.79 Å². The molecule has 0 unspecified atom stereocenters. The van der Waals surface area contributed by atoms with Gasteiger partial charge < -0.3 is 14.2 Å². The smallest absolute Gasteiger partial charge is 0.410 e. The van der Waals surface area contributed by atoms with Gasteiger partial charge in [0.15, 0.2) is 5.82 Å². The Morgan fingerprint density at radius 2 is 1.92 bits per heavy atom. The highest BCUT2D eigenvalue weighted by molar-refractivity contribution is 5.70. The molecule has 140 valence electrons. The minimum atomic E-state index is -0.301. The van der Waals surface area contributed by atoms with Crippen molar-refractivity contribution < 1.29 is 14.1 Å². The van der Waals surface area contributed by atoms with Crippen molar-refractivity contribution in [1.82, 2.24) is 19.9 Å². The fourth-order valence-electron chi connectivity index (χ4n) is 2.81. The molecule has 3 rings (SSSR count). The van der Waals surface area contributed by atoms with Gasteiger partial charge >= 0.3 is 6.09 Å². The summed E-state index contributed by atoms with van der Waals surface area (Å²) in [6.45, 7) is 7.75. The van der Waals surface area contributed by atoms with E-state index in [2.05, 4.69) is 28.9 Å². The molecule has 2 aromatic rings. The van der Waals surface area contributed by atoms with Crippen LogP contribution in [0.2, 0.25) is 0 Å². The number of piperazine rings is 1. The molecule has 0 N–H and O–H groups in total. The number of para-hydroxylation sites is 1. The van der Waals surface area contributed by atoms with Crippen LogP contribution in [-0.4, -0.2) is 52.2 Å². The Balaban J connectivity index is 1.43. The van der Waals surface area contributed by atoms with E-state index in [1.807, 2.05) is 18.2 Å². The second kappa shape index (κ2) is 8.80. The standard InChI is InChI=1S/C19H26N4O3/c1-15(2)8-9-17-20-18(26-21-17)14-22-10-12-23(13-11-22)19(24)25-16-6-4-3-5-7-16/h3-7,15H,8-14H2,1-2H3. The van der Waals surface area contributed by atoms with Crippen molar-refractivity contribution in [2.24, 2.45) is 5.92 Å². The van der Waals surface area contributed by atoms with E-state index in [0.717, 1.165) is 31.8 Å². The van der Waals surface area contributed by atoms with Gasteiger partial charge in [-0.1, -0.05) is 37.2 Å². The van der Waals surface area contributed by atoms with Crippen LogP contribution in [0, 0.1) is 5.92 Å². The van der Waals surface area contributed by atoms with Crippen LogP contribution >= 0.6 is 0 Å². The van der Waals surface area contributed by atoms with Crippen LogP contribution in [0.1, 0.15) is 32.0 Å². The first kappa shape index (κ1) is 18.4. The molecule has 0 radical (unpaired) electrons. The summed E-state index contributed by atoms with van der Waals surface area (Å²) in [5.74, 6) is 2.61. The average molecular weight is 358 g/mol. The predicted octanol–water partition coefficient (Wildman–Crippen LogP) is 2.97. The number of benzene rings is 1. The first-order valence-electron chi connectivity index (χ1n) is 9.16. The summed E-state index contributed by atoms with van der Waals surface area (Å²) in [6, 6.07) is 9.14. The topological polar surface area (TPSA) is 71.7 Å². The van der Waals surface area contributed by atoms with Crippen LogP contribution in [0.25, 0.3) is 0 Å². The zero-order valence-corrected chi connectivity index (χ0v) is 15.4. The van der Waals surface area contributed by atoms with E-state index >= 15 is 0 Å². The van der Waals surface area contributed by atoms with Gasteiger partial charge in [-0.25, -0.2) is 4.79 Å². The Hall–Kier alpha value is -2.41. The van der Waals surface area contributed by atoms with Crippen molar-refractivity contribution in [1.29, 1.82) is 0 Å². The van der Waals surface area contributed by atoms with Crippen LogP contribution in [0.5, 0.6) is 5.75 Å². The lowest BCUT2D eigenvalue weighted by atomic mass is 10.1. The fraction of sp³-hybridized carbons (Fsp3) is 0.526. The maximum absolute atomic E-state index is 12.2. The van der Waals surface area contributed by atoms with Crippen molar-refractivity contribution in [3.63, 3.8) is 0 Å². The van der Waals surface area contributed by atoms with Crippen molar-refractivity contribution in [3.8, 4) is 5.75 Å². The Bertz CT molecular complexity index is 694. The van der Waals surface area contributed by atoms with Crippen LogP contribution in [0.4, 0.5) is 4.79 Å². The van der Waals surface area contributed by atoms with Crippen molar-refractivity contribution in [3.05, 3.63) is 42.0 Å².